The highest BCUT2D eigenvalue weighted by atomic mass is 35.5. The lowest BCUT2D eigenvalue weighted by Crippen LogP contribution is -2.10. The van der Waals surface area contributed by atoms with Gasteiger partial charge in [0, 0.05) is 17.2 Å². The number of nitriles is 1. The summed E-state index contributed by atoms with van der Waals surface area (Å²) < 4.78 is 10.7. The van der Waals surface area contributed by atoms with E-state index in [0.29, 0.717) is 21.7 Å². The molecule has 0 bridgehead atoms. The van der Waals surface area contributed by atoms with Crippen LogP contribution in [0.15, 0.2) is 60.7 Å². The number of nitro benzene ring substituents is 1. The highest BCUT2D eigenvalue weighted by molar-refractivity contribution is 6.33. The summed E-state index contributed by atoms with van der Waals surface area (Å²) in [6, 6.07) is 17.2. The van der Waals surface area contributed by atoms with Gasteiger partial charge in [-0.15, -0.1) is 0 Å². The number of halogens is 2. The Hall–Kier alpha value is -3.86. The van der Waals surface area contributed by atoms with Crippen molar-refractivity contribution in [1.82, 2.24) is 0 Å². The van der Waals surface area contributed by atoms with Gasteiger partial charge in [-0.3, -0.25) is 10.1 Å². The molecule has 7 nitrogen and oxygen atoms in total. The number of ether oxygens (including phenoxy) is 2. The Morgan fingerprint density at radius 1 is 1.06 bits per heavy atom. The van der Waals surface area contributed by atoms with Crippen LogP contribution < -0.4 is 9.47 Å². The fourth-order valence-electron chi connectivity index (χ4n) is 2.77. The largest absolute Gasteiger partial charge is 0.493 e. The molecule has 3 rings (SSSR count). The van der Waals surface area contributed by atoms with E-state index in [2.05, 4.69) is 6.07 Å². The number of benzene rings is 3. The van der Waals surface area contributed by atoms with Gasteiger partial charge in [0.2, 0.25) is 0 Å². The molecule has 160 valence electrons. The van der Waals surface area contributed by atoms with Gasteiger partial charge in [-0.05, 0) is 47.5 Å². The lowest BCUT2D eigenvalue weighted by atomic mass is 10.0. The van der Waals surface area contributed by atoms with Gasteiger partial charge < -0.3 is 9.47 Å². The Balaban J connectivity index is 1.87. The predicted octanol–water partition coefficient (Wildman–Crippen LogP) is 6.19. The van der Waals surface area contributed by atoms with E-state index in [4.69, 9.17) is 32.7 Å². The van der Waals surface area contributed by atoms with E-state index < -0.39 is 10.9 Å². The van der Waals surface area contributed by atoms with Crippen LogP contribution in [0.5, 0.6) is 11.5 Å². The lowest BCUT2D eigenvalue weighted by Gasteiger charge is -2.11. The third-order valence-electron chi connectivity index (χ3n) is 4.36. The molecule has 0 amide bonds. The Kier molecular flexibility index (Phi) is 7.11. The average Bonchev–Trinajstić information content (AvgIpc) is 2.78. The van der Waals surface area contributed by atoms with Gasteiger partial charge in [-0.2, -0.15) is 5.26 Å². The van der Waals surface area contributed by atoms with Crippen molar-refractivity contribution in [3.63, 3.8) is 0 Å². The van der Waals surface area contributed by atoms with Gasteiger partial charge in [-0.1, -0.05) is 41.4 Å². The second kappa shape index (κ2) is 9.96. The fourth-order valence-corrected chi connectivity index (χ4v) is 3.15. The van der Waals surface area contributed by atoms with Crippen molar-refractivity contribution >= 4 is 46.5 Å². The van der Waals surface area contributed by atoms with Gasteiger partial charge in [0.05, 0.1) is 34.3 Å². The molecule has 9 heteroatoms. The quantitative estimate of drug-likeness (QED) is 0.106. The van der Waals surface area contributed by atoms with E-state index in [-0.39, 0.29) is 27.8 Å². The molecule has 0 aliphatic heterocycles. The Morgan fingerprint density at radius 3 is 2.38 bits per heavy atom. The molecule has 0 heterocycles. The number of nitrogens with zero attached hydrogens (tertiary/aromatic N) is 2. The smallest absolute Gasteiger partial charge is 0.345 e. The minimum atomic E-state index is -0.801. The number of carbonyl (C=O) groups is 1. The normalized spacial score (nSPS) is 10.9. The maximum atomic E-state index is 12.5. The molecule has 0 radical (unpaired) electrons. The van der Waals surface area contributed by atoms with Crippen molar-refractivity contribution in [3.05, 3.63) is 97.5 Å². The van der Waals surface area contributed by atoms with Crippen LogP contribution in [-0.4, -0.2) is 18.0 Å². The summed E-state index contributed by atoms with van der Waals surface area (Å²) in [7, 11) is 1.41. The number of hydrogen-bond acceptors (Lipinski definition) is 6. The first-order valence-corrected chi connectivity index (χ1v) is 9.80. The molecule has 3 aromatic rings. The van der Waals surface area contributed by atoms with E-state index in [1.807, 2.05) is 0 Å². The lowest BCUT2D eigenvalue weighted by molar-refractivity contribution is -0.384. The van der Waals surface area contributed by atoms with Gasteiger partial charge in [0.15, 0.2) is 11.5 Å². The first kappa shape index (κ1) is 22.8. The van der Waals surface area contributed by atoms with Gasteiger partial charge in [-0.25, -0.2) is 4.79 Å². The molecule has 32 heavy (non-hydrogen) atoms. The fraction of sp³-hybridized carbons (Fsp3) is 0.0435. The zero-order chi connectivity index (χ0) is 23.3. The van der Waals surface area contributed by atoms with E-state index in [9.17, 15) is 20.2 Å². The molecule has 0 fully saturated rings. The number of carbonyl (C=O) groups excluding carboxylic acids is 1. The predicted molar refractivity (Wildman–Crippen MR) is 121 cm³/mol. The summed E-state index contributed by atoms with van der Waals surface area (Å²) in [4.78, 5) is 22.7. The number of methoxy groups -OCH3 is 1. The topological polar surface area (TPSA) is 102 Å². The summed E-state index contributed by atoms with van der Waals surface area (Å²) in [6.45, 7) is 0. The van der Waals surface area contributed by atoms with Gasteiger partial charge in [0.1, 0.15) is 0 Å². The first-order valence-electron chi connectivity index (χ1n) is 9.04. The van der Waals surface area contributed by atoms with Gasteiger partial charge in [0.25, 0.3) is 5.69 Å². The van der Waals surface area contributed by atoms with Crippen molar-refractivity contribution < 1.29 is 19.2 Å². The molecular formula is C23H14Cl2N2O5. The minimum absolute atomic E-state index is 0.0298. The second-order valence-corrected chi connectivity index (χ2v) is 7.24. The monoisotopic (exact) mass is 468 g/mol. The van der Waals surface area contributed by atoms with Crippen LogP contribution in [-0.2, 0) is 0 Å². The zero-order valence-electron chi connectivity index (χ0n) is 16.5. The average molecular weight is 469 g/mol. The van der Waals surface area contributed by atoms with Crippen LogP contribution in [0.2, 0.25) is 10.0 Å². The highest BCUT2D eigenvalue weighted by Gasteiger charge is 2.18. The first-order chi connectivity index (χ1) is 15.3. The van der Waals surface area contributed by atoms with E-state index in [1.54, 1.807) is 42.5 Å². The van der Waals surface area contributed by atoms with Gasteiger partial charge >= 0.3 is 5.97 Å². The number of allylic oxidation sites excluding steroid dienone is 1. The minimum Gasteiger partial charge on any atom is -0.493 e. The van der Waals surface area contributed by atoms with Crippen LogP contribution in [0.1, 0.15) is 21.5 Å². The van der Waals surface area contributed by atoms with Crippen LogP contribution >= 0.6 is 23.2 Å². The van der Waals surface area contributed by atoms with E-state index >= 15 is 0 Å². The van der Waals surface area contributed by atoms with Crippen LogP contribution in [0.25, 0.3) is 11.6 Å². The summed E-state index contributed by atoms with van der Waals surface area (Å²) in [5.41, 5.74) is 1.47. The molecule has 0 spiro atoms. The van der Waals surface area contributed by atoms with Crippen molar-refractivity contribution in [1.29, 1.82) is 5.26 Å². The van der Waals surface area contributed by atoms with Crippen molar-refractivity contribution in [2.24, 2.45) is 0 Å². The number of non-ortho nitro benzene ring substituents is 1. The summed E-state index contributed by atoms with van der Waals surface area (Å²) >= 11 is 11.9. The van der Waals surface area contributed by atoms with Crippen molar-refractivity contribution in [3.8, 4) is 17.6 Å². The molecule has 3 aromatic carbocycles. The van der Waals surface area contributed by atoms with Crippen molar-refractivity contribution in [2.45, 2.75) is 0 Å². The molecule has 0 saturated carbocycles. The molecule has 0 atom stereocenters. The maximum absolute atomic E-state index is 12.5. The molecular weight excluding hydrogens is 455 g/mol. The standard InChI is InChI=1S/C23H14Cl2N2O5/c1-31-22-11-14(10-16(13-26)15-3-5-17(24)6-4-15)2-9-21(22)32-23(28)19-8-7-18(27(29)30)12-20(19)25/h2-12H,1H3/b16-10+. The molecule has 0 aromatic heterocycles. The number of esters is 1. The number of nitro groups is 1. The Morgan fingerprint density at radius 2 is 1.78 bits per heavy atom. The Labute approximate surface area is 193 Å². The summed E-state index contributed by atoms with van der Waals surface area (Å²) in [5, 5.41) is 20.8. The Bertz CT molecular complexity index is 1260. The SMILES string of the molecule is COc1cc(/C=C(\C#N)c2ccc(Cl)cc2)ccc1OC(=O)c1ccc([N+](=O)[O-])cc1Cl. The van der Waals surface area contributed by atoms with E-state index in [1.165, 1.54) is 19.2 Å². The molecule has 0 aliphatic rings. The van der Waals surface area contributed by atoms with Crippen LogP contribution in [0.3, 0.4) is 0 Å². The molecule has 0 aliphatic carbocycles. The molecule has 0 saturated heterocycles. The number of hydrogen-bond donors (Lipinski definition) is 0. The third-order valence-corrected chi connectivity index (χ3v) is 4.93. The van der Waals surface area contributed by atoms with E-state index in [0.717, 1.165) is 12.1 Å². The number of rotatable bonds is 6. The van der Waals surface area contributed by atoms with Crippen molar-refractivity contribution in [2.75, 3.05) is 7.11 Å². The maximum Gasteiger partial charge on any atom is 0.345 e. The third kappa shape index (κ3) is 5.24. The van der Waals surface area contributed by atoms with Crippen LogP contribution in [0.4, 0.5) is 5.69 Å². The molecule has 0 unspecified atom stereocenters. The van der Waals surface area contributed by atoms with Crippen LogP contribution in [0, 0.1) is 21.4 Å². The highest BCUT2D eigenvalue weighted by Crippen LogP contribution is 2.32. The summed E-state index contributed by atoms with van der Waals surface area (Å²) in [6.07, 6.45) is 1.66. The second-order valence-electron chi connectivity index (χ2n) is 6.40. The summed E-state index contributed by atoms with van der Waals surface area (Å²) in [5.74, 6) is -0.432. The molecule has 0 N–H and O–H groups in total. The zero-order valence-corrected chi connectivity index (χ0v) is 18.1.